The van der Waals surface area contributed by atoms with Crippen LogP contribution in [0.25, 0.3) is 34.2 Å². The first kappa shape index (κ1) is 162. The molecule has 0 amide bonds. The molecule has 2 aromatic heterocycles. The van der Waals surface area contributed by atoms with Gasteiger partial charge in [-0.25, -0.2) is 111 Å². The van der Waals surface area contributed by atoms with Gasteiger partial charge in [0.05, 0.1) is 64.4 Å². The van der Waals surface area contributed by atoms with E-state index in [-0.39, 0.29) is 716 Å². The molecule has 0 bridgehead atoms. The van der Waals surface area contributed by atoms with E-state index in [4.69, 9.17) is 74.6 Å². The number of carbonyl (C=O) groups excluding carboxylic acids is 10. The van der Waals surface area contributed by atoms with Crippen LogP contribution in [-0.2, 0) is 106 Å². The van der Waals surface area contributed by atoms with E-state index in [1.54, 1.807) is 58.3 Å². The number of unbranched alkanes of at least 4 members (excludes halogenated alkanes) is 3. The number of fused-ring (bicyclic) bond motifs is 6. The molecule has 0 saturated heterocycles. The number of ether oxygens (including phenoxy) is 10. The molecule has 678 valence electrons. The molecule has 12 rings (SSSR count). The number of nitrogens with zero attached hydrogens (tertiary/aromatic N) is 4. The van der Waals surface area contributed by atoms with Crippen LogP contribution in [0.15, 0.2) is 203 Å². The molecule has 8 aromatic rings. The minimum Gasteiger partial charge on any atom is -0.471 e. The first-order valence-corrected chi connectivity index (χ1v) is 47.9. The van der Waals surface area contributed by atoms with Crippen molar-refractivity contribution in [3.05, 3.63) is 290 Å². The molecule has 48 heteroatoms. The number of aromatic nitrogens is 1. The SMILES string of the molecule is C=CC(=O)OCCCCOC(=O)C(C(=O)OCCCCOC(=O)C=C)=C1Sc2[c-]cc[c-]c2S1.Cc1nc2[c-]cc[c-]c2s1.S=c1sc2[c-]cc[c-]c2s1.[C-]#[N+]/C(C(=O)OCCCCOC(=O)C=C)=C1/Sc2[c-]cc(C(C)(C)C)[c-]c2S1.[C-]#[N+]/C(C(=O)OCCOC(=O)C=C)=C1/Sc2[c-]cc(C(C)(C)C)[c-]c2S1.[C-]#[N+]C(C(=O)OCCOC(=O)C=C)=C1Sc2[c-]cc[c-]c2S1.[K+].[K+].[K+].[K+].[K+].[K+].[K+].[K+].[K+].[K+].[K+].[K+]. The van der Waals surface area contributed by atoms with Gasteiger partial charge in [0.15, 0.2) is 5.57 Å². The summed E-state index contributed by atoms with van der Waals surface area (Å²) in [5.41, 5.74) is 2.47. The molecule has 0 unspecified atom stereocenters. The first-order chi connectivity index (χ1) is 62.3. The van der Waals surface area contributed by atoms with E-state index in [2.05, 4.69) is 171 Å². The van der Waals surface area contributed by atoms with Crippen LogP contribution in [0.1, 0.15) is 96.2 Å². The molecule has 142 heavy (non-hydrogen) atoms. The van der Waals surface area contributed by atoms with Crippen molar-refractivity contribution < 1.29 is 712 Å². The molecule has 0 spiro atoms. The molecule has 6 heterocycles. The Bertz CT molecular complexity index is 5740. The molecule has 0 saturated carbocycles. The van der Waals surface area contributed by atoms with Crippen molar-refractivity contribution in [1.82, 2.24) is 4.98 Å². The summed E-state index contributed by atoms with van der Waals surface area (Å²) in [5.74, 6) is -6.42. The summed E-state index contributed by atoms with van der Waals surface area (Å²) < 4.78 is 56.1. The average Bonchev–Trinajstić information content (AvgIpc) is 1.66. The molecular formula is C94H78K12N4O20S12. The fourth-order valence-corrected chi connectivity index (χ4v) is 21.7. The predicted octanol–water partition coefficient (Wildman–Crippen LogP) is -14.7. The predicted molar refractivity (Wildman–Crippen MR) is 507 cm³/mol. The van der Waals surface area contributed by atoms with E-state index < -0.39 is 59.7 Å². The second-order valence-electron chi connectivity index (χ2n) is 27.2. The van der Waals surface area contributed by atoms with E-state index in [9.17, 15) is 47.9 Å². The Morgan fingerprint density at radius 1 is 0.331 bits per heavy atom. The maximum Gasteiger partial charge on any atom is 1.00 e. The number of hydrogen-bond donors (Lipinski definition) is 0. The maximum atomic E-state index is 12.8. The second-order valence-corrected chi connectivity index (χ2v) is 40.8. The summed E-state index contributed by atoms with van der Waals surface area (Å²) in [6.45, 7) is 53.2. The van der Waals surface area contributed by atoms with Crippen molar-refractivity contribution in [1.29, 1.82) is 0 Å². The molecule has 24 nitrogen and oxygen atoms in total. The molecule has 0 aliphatic carbocycles. The normalized spacial score (nSPS) is 11.7. The Morgan fingerprint density at radius 2 is 0.570 bits per heavy atom. The zero-order valence-electron chi connectivity index (χ0n) is 82.9. The Balaban J connectivity index is -0.000000398. The van der Waals surface area contributed by atoms with Gasteiger partial charge in [-0.2, -0.15) is 118 Å². The summed E-state index contributed by atoms with van der Waals surface area (Å²) in [4.78, 5) is 137. The largest absolute Gasteiger partial charge is 1.00 e. The summed E-state index contributed by atoms with van der Waals surface area (Å²) in [6.07, 6.45) is 8.24. The third kappa shape index (κ3) is 60.6. The molecule has 0 N–H and O–H groups in total. The minimum absolute atomic E-state index is 0. The van der Waals surface area contributed by atoms with Crippen molar-refractivity contribution in [3.63, 3.8) is 0 Å². The topological polar surface area (TPSA) is 289 Å². The van der Waals surface area contributed by atoms with Crippen molar-refractivity contribution >= 4 is 220 Å². The molecule has 0 atom stereocenters. The van der Waals surface area contributed by atoms with Gasteiger partial charge in [0.25, 0.3) is 17.1 Å². The van der Waals surface area contributed by atoms with Crippen LogP contribution in [0, 0.1) is 103 Å². The summed E-state index contributed by atoms with van der Waals surface area (Å²) >= 11 is 20.2. The standard InChI is InChI=1S/C24H24O8S2.C21H21NO4S2.C19H17NO4S2.C15H9NO4S2.C8H5NS.C7H2S3.12K/c1-3-19(25)29-13-7-9-15-31-22(27)21(24-33-17-11-5-6-12-18(17)34-24)23(28)32-16-10-8-14-30-20(26)4-2;1-6-17(23)25-11-7-8-12-26-19(24)18(22-5)20-27-15-10-9-14(21(2,3)4)13-16(15)28-20;1-6-15(21)23-9-10-24-17(22)16(20-5)18-25-13-8-7-12(19(2,3)4)11-14(13)26-18;1-3-12(17)19-8-9-20-14(18)13(16-2)15-21-10-6-4-5-7-11(10)22-15;1-6-9-7-4-2-3-5-8(7)10-6;8-7-9-5-3-1-2-4-6(5)10-7;;;;;;;;;;;;/h3-6H,1-2,7-10,13-16H2;6,9H,1,7-8,11-12H2,2-4H3;6-7H,1,9-10H2,2-4H3;3-5H,1,8-9H2;2-3H,1H3;1-2H;;;;;;;;;;;;/q6*-2;12*+1/b;20-18-;18-16-;;;;;;;;;;;;;;;. The number of aryl methyl sites for hydroxylation is 1. The number of esters is 10. The van der Waals surface area contributed by atoms with E-state index in [0.29, 0.717) is 55.5 Å². The minimum atomic E-state index is -0.796. The van der Waals surface area contributed by atoms with Gasteiger partial charge < -0.3 is 113 Å². The van der Waals surface area contributed by atoms with Crippen molar-refractivity contribution in [2.45, 2.75) is 137 Å². The van der Waals surface area contributed by atoms with E-state index in [1.807, 2.05) is 43.3 Å². The molecule has 6 aromatic carbocycles. The molecule has 4 aliphatic rings. The van der Waals surface area contributed by atoms with E-state index in [1.165, 1.54) is 94.1 Å². The number of rotatable bonds is 31. The van der Waals surface area contributed by atoms with Crippen LogP contribution in [0.5, 0.6) is 0 Å². The number of hydrogen-bond acceptors (Lipinski definition) is 33. The fourth-order valence-electron chi connectivity index (χ4n) is 9.35. The van der Waals surface area contributed by atoms with Crippen molar-refractivity contribution in [3.8, 4) is 0 Å². The molecule has 0 radical (unpaired) electrons. The van der Waals surface area contributed by atoms with Gasteiger partial charge in [-0.05, 0) is 45.4 Å². The van der Waals surface area contributed by atoms with Crippen LogP contribution < -0.4 is 617 Å². The number of thiazole rings is 1. The van der Waals surface area contributed by atoms with Crippen LogP contribution in [0.4, 0.5) is 0 Å². The van der Waals surface area contributed by atoms with Gasteiger partial charge in [-0.1, -0.05) is 97.5 Å². The Hall–Kier alpha value is 9.01. The van der Waals surface area contributed by atoms with Crippen LogP contribution in [0.3, 0.4) is 0 Å². The fraction of sp³-hybridized carbons (Fsp3) is 0.266. The molecule has 0 fully saturated rings. The number of thioether (sulfide) groups is 8. The van der Waals surface area contributed by atoms with Gasteiger partial charge in [0.2, 0.25) is 0 Å². The monoisotopic (exact) mass is 2430 g/mol. The quantitative estimate of drug-likeness (QED) is 0.00449. The van der Waals surface area contributed by atoms with Gasteiger partial charge in [-0.15, -0.1) is 5.52 Å². The van der Waals surface area contributed by atoms with Crippen LogP contribution in [0.2, 0.25) is 0 Å². The zero-order chi connectivity index (χ0) is 94.7. The summed E-state index contributed by atoms with van der Waals surface area (Å²) in [7, 11) is 0. The maximum absolute atomic E-state index is 12.8. The first-order valence-electron chi connectivity index (χ1n) is 38.5. The van der Waals surface area contributed by atoms with Gasteiger partial charge in [0, 0.05) is 47.3 Å². The van der Waals surface area contributed by atoms with E-state index in [0.717, 1.165) is 108 Å². The molecular weight excluding hydrogens is 2360 g/mol. The van der Waals surface area contributed by atoms with Crippen LogP contribution >= 0.6 is 140 Å². The Morgan fingerprint density at radius 3 is 0.859 bits per heavy atom. The van der Waals surface area contributed by atoms with Gasteiger partial charge >= 0.3 is 676 Å². The van der Waals surface area contributed by atoms with Gasteiger partial charge in [0.1, 0.15) is 29.6 Å². The number of benzene rings is 6. The Kier molecular flexibility index (Phi) is 104. The summed E-state index contributed by atoms with van der Waals surface area (Å²) in [5, 5.41) is 1.08. The third-order valence-electron chi connectivity index (χ3n) is 15.7. The van der Waals surface area contributed by atoms with E-state index >= 15 is 0 Å². The van der Waals surface area contributed by atoms with Crippen molar-refractivity contribution in [2.24, 2.45) is 0 Å². The average molecular weight is 2440 g/mol. The number of carbonyl (C=O) groups is 10. The third-order valence-corrected chi connectivity index (χ3v) is 28.8. The van der Waals surface area contributed by atoms with Crippen LogP contribution in [-0.4, -0.2) is 131 Å². The summed E-state index contributed by atoms with van der Waals surface area (Å²) in [6, 6.07) is 55.7. The molecule has 4 aliphatic heterocycles. The smallest absolute Gasteiger partial charge is 0.471 e. The van der Waals surface area contributed by atoms with Crippen molar-refractivity contribution in [2.75, 3.05) is 66.1 Å². The second kappa shape index (κ2) is 91.3. The Labute approximate surface area is 1390 Å². The van der Waals surface area contributed by atoms with Gasteiger partial charge in [-0.3, -0.25) is 98.3 Å². The zero-order valence-corrected chi connectivity index (χ0v) is 130.